The van der Waals surface area contributed by atoms with Crippen LogP contribution in [0.2, 0.25) is 0 Å². The van der Waals surface area contributed by atoms with Crippen molar-refractivity contribution >= 4 is 22.9 Å². The fourth-order valence-electron chi connectivity index (χ4n) is 3.97. The molecule has 5 heteroatoms. The van der Waals surface area contributed by atoms with Crippen LogP contribution < -0.4 is 4.74 Å². The first kappa shape index (κ1) is 22.2. The first-order chi connectivity index (χ1) is 16.2. The highest BCUT2D eigenvalue weighted by Gasteiger charge is 2.22. The van der Waals surface area contributed by atoms with Gasteiger partial charge in [-0.2, -0.15) is 0 Å². The molecule has 166 valence electrons. The Kier molecular flexibility index (Phi) is 7.10. The van der Waals surface area contributed by atoms with E-state index in [0.717, 1.165) is 27.6 Å². The van der Waals surface area contributed by atoms with Gasteiger partial charge < -0.3 is 15.0 Å². The number of nitrogens with one attached hydrogen (secondary N) is 1. The van der Waals surface area contributed by atoms with E-state index in [9.17, 15) is 4.79 Å². The fraction of sp³-hybridized carbons (Fsp3) is 0.179. The van der Waals surface area contributed by atoms with Gasteiger partial charge in [0.2, 0.25) is 0 Å². The van der Waals surface area contributed by atoms with Gasteiger partial charge in [0.15, 0.2) is 6.61 Å². The molecule has 3 aromatic carbocycles. The van der Waals surface area contributed by atoms with Crippen molar-refractivity contribution in [3.63, 3.8) is 0 Å². The van der Waals surface area contributed by atoms with Gasteiger partial charge in [-0.15, -0.1) is 0 Å². The topological polar surface area (TPSA) is 66.3 Å². The first-order valence-electron chi connectivity index (χ1n) is 11.0. The molecule has 4 aromatic rings. The minimum Gasteiger partial charge on any atom is -0.483 e. The third-order valence-electron chi connectivity index (χ3n) is 5.70. The van der Waals surface area contributed by atoms with Crippen molar-refractivity contribution in [2.24, 2.45) is 0 Å². The Morgan fingerprint density at radius 2 is 1.70 bits per heavy atom. The second-order valence-electron chi connectivity index (χ2n) is 8.01. The number of amides is 1. The summed E-state index contributed by atoms with van der Waals surface area (Å²) in [6.07, 6.45) is 3.77. The molecule has 1 aromatic heterocycles. The number of pyridine rings is 1. The minimum absolute atomic E-state index is 0.0479. The molecule has 33 heavy (non-hydrogen) atoms. The van der Waals surface area contributed by atoms with Crippen LogP contribution in [0.3, 0.4) is 0 Å². The maximum atomic E-state index is 13.4. The number of nitrogens with zero attached hydrogens (tertiary/aromatic N) is 2. The van der Waals surface area contributed by atoms with E-state index in [1.165, 1.54) is 6.21 Å². The monoisotopic (exact) mass is 437 g/mol. The molecule has 0 aliphatic rings. The van der Waals surface area contributed by atoms with Crippen molar-refractivity contribution < 1.29 is 9.53 Å². The molecular formula is C28H27N3O2. The average Bonchev–Trinajstić information content (AvgIpc) is 2.86. The zero-order valence-electron chi connectivity index (χ0n) is 18.6. The standard InChI is InChI=1S/C28H27N3O2/c1-21(17-24-11-7-8-16-30-24)31(19-22-9-3-2-4-10-22)28(32)20-33-27-15-14-23(18-29)25-12-5-6-13-26(25)27/h2-16,18,21,29H,17,19-20H2,1H3. The number of fused-ring (bicyclic) bond motifs is 1. The molecule has 1 amide bonds. The molecule has 1 unspecified atom stereocenters. The summed E-state index contributed by atoms with van der Waals surface area (Å²) in [6, 6.07) is 27.2. The summed E-state index contributed by atoms with van der Waals surface area (Å²) in [5, 5.41) is 9.46. The second kappa shape index (κ2) is 10.6. The van der Waals surface area contributed by atoms with Crippen molar-refractivity contribution in [2.45, 2.75) is 25.9 Å². The molecule has 4 rings (SSSR count). The van der Waals surface area contributed by atoms with Crippen LogP contribution in [0.5, 0.6) is 5.75 Å². The number of carbonyl (C=O) groups excluding carboxylic acids is 1. The van der Waals surface area contributed by atoms with Crippen LogP contribution in [0.4, 0.5) is 0 Å². The molecule has 0 saturated carbocycles. The number of ether oxygens (including phenoxy) is 1. The molecule has 0 fully saturated rings. The third kappa shape index (κ3) is 5.44. The first-order valence-corrected chi connectivity index (χ1v) is 11.0. The normalized spacial score (nSPS) is 11.7. The SMILES string of the molecule is CC(Cc1ccccn1)N(Cc1ccccc1)C(=O)COc1ccc(C=N)c2ccccc12. The predicted octanol–water partition coefficient (Wildman–Crippen LogP) is 5.27. The van der Waals surface area contributed by atoms with Crippen molar-refractivity contribution in [3.8, 4) is 5.75 Å². The molecule has 1 heterocycles. The lowest BCUT2D eigenvalue weighted by atomic mass is 10.0. The summed E-state index contributed by atoms with van der Waals surface area (Å²) in [4.78, 5) is 19.6. The number of hydrogen-bond acceptors (Lipinski definition) is 4. The van der Waals surface area contributed by atoms with Crippen molar-refractivity contribution in [3.05, 3.63) is 108 Å². The molecule has 0 radical (unpaired) electrons. The van der Waals surface area contributed by atoms with Crippen LogP contribution in [-0.2, 0) is 17.8 Å². The van der Waals surface area contributed by atoms with Gasteiger partial charge in [0.05, 0.1) is 0 Å². The summed E-state index contributed by atoms with van der Waals surface area (Å²) in [6.45, 7) is 2.49. The molecule has 5 nitrogen and oxygen atoms in total. The van der Waals surface area contributed by atoms with Gasteiger partial charge in [0.1, 0.15) is 5.75 Å². The largest absolute Gasteiger partial charge is 0.483 e. The Balaban J connectivity index is 1.54. The zero-order chi connectivity index (χ0) is 23.0. The highest BCUT2D eigenvalue weighted by molar-refractivity contribution is 6.01. The zero-order valence-corrected chi connectivity index (χ0v) is 18.6. The molecule has 0 aliphatic heterocycles. The van der Waals surface area contributed by atoms with Crippen LogP contribution in [0.15, 0.2) is 91.1 Å². The van der Waals surface area contributed by atoms with Crippen LogP contribution in [0.1, 0.15) is 23.7 Å². The highest BCUT2D eigenvalue weighted by Crippen LogP contribution is 2.28. The summed E-state index contributed by atoms with van der Waals surface area (Å²) >= 11 is 0. The molecule has 1 atom stereocenters. The highest BCUT2D eigenvalue weighted by atomic mass is 16.5. The van der Waals surface area contributed by atoms with E-state index in [1.54, 1.807) is 6.20 Å². The Morgan fingerprint density at radius 3 is 2.42 bits per heavy atom. The van der Waals surface area contributed by atoms with Crippen LogP contribution in [-0.4, -0.2) is 34.7 Å². The second-order valence-corrected chi connectivity index (χ2v) is 8.01. The van der Waals surface area contributed by atoms with E-state index in [4.69, 9.17) is 10.1 Å². The molecule has 0 spiro atoms. The van der Waals surface area contributed by atoms with E-state index in [0.29, 0.717) is 18.7 Å². The van der Waals surface area contributed by atoms with Crippen LogP contribution in [0.25, 0.3) is 10.8 Å². The third-order valence-corrected chi connectivity index (χ3v) is 5.70. The van der Waals surface area contributed by atoms with E-state index < -0.39 is 0 Å². The van der Waals surface area contributed by atoms with E-state index in [-0.39, 0.29) is 18.6 Å². The molecule has 1 N–H and O–H groups in total. The van der Waals surface area contributed by atoms with E-state index in [1.807, 2.05) is 96.8 Å². The Morgan fingerprint density at radius 1 is 0.970 bits per heavy atom. The lowest BCUT2D eigenvalue weighted by molar-refractivity contribution is -0.136. The smallest absolute Gasteiger partial charge is 0.261 e. The Labute approximate surface area is 194 Å². The molecule has 0 bridgehead atoms. The van der Waals surface area contributed by atoms with E-state index in [2.05, 4.69) is 4.98 Å². The van der Waals surface area contributed by atoms with Crippen molar-refractivity contribution in [2.75, 3.05) is 6.61 Å². The van der Waals surface area contributed by atoms with Crippen LogP contribution in [0, 0.1) is 5.41 Å². The Hall–Kier alpha value is -3.99. The predicted molar refractivity (Wildman–Crippen MR) is 132 cm³/mol. The summed E-state index contributed by atoms with van der Waals surface area (Å²) < 4.78 is 6.02. The van der Waals surface area contributed by atoms with Gasteiger partial charge in [-0.25, -0.2) is 0 Å². The van der Waals surface area contributed by atoms with Gasteiger partial charge in [0.25, 0.3) is 5.91 Å². The maximum Gasteiger partial charge on any atom is 0.261 e. The van der Waals surface area contributed by atoms with Gasteiger partial charge in [-0.1, -0.05) is 60.7 Å². The molecule has 0 aliphatic carbocycles. The van der Waals surface area contributed by atoms with Crippen LogP contribution >= 0.6 is 0 Å². The maximum absolute atomic E-state index is 13.4. The lowest BCUT2D eigenvalue weighted by Crippen LogP contribution is -2.42. The van der Waals surface area contributed by atoms with Gasteiger partial charge in [-0.3, -0.25) is 9.78 Å². The lowest BCUT2D eigenvalue weighted by Gasteiger charge is -2.29. The number of rotatable bonds is 9. The number of aromatic nitrogens is 1. The Bertz CT molecular complexity index is 1230. The van der Waals surface area contributed by atoms with Gasteiger partial charge in [0, 0.05) is 48.1 Å². The number of hydrogen-bond donors (Lipinski definition) is 1. The molecular weight excluding hydrogens is 410 g/mol. The van der Waals surface area contributed by atoms with Crippen molar-refractivity contribution in [1.82, 2.24) is 9.88 Å². The molecule has 0 saturated heterocycles. The van der Waals surface area contributed by atoms with Crippen molar-refractivity contribution in [1.29, 1.82) is 5.41 Å². The summed E-state index contributed by atoms with van der Waals surface area (Å²) in [5.74, 6) is 0.559. The quantitative estimate of drug-likeness (QED) is 0.363. The fourth-order valence-corrected chi connectivity index (χ4v) is 3.97. The summed E-state index contributed by atoms with van der Waals surface area (Å²) in [5.41, 5.74) is 2.84. The summed E-state index contributed by atoms with van der Waals surface area (Å²) in [7, 11) is 0. The number of carbonyl (C=O) groups is 1. The van der Waals surface area contributed by atoms with Gasteiger partial charge in [-0.05, 0) is 42.1 Å². The number of benzene rings is 3. The minimum atomic E-state index is -0.0810. The van der Waals surface area contributed by atoms with E-state index >= 15 is 0 Å². The van der Waals surface area contributed by atoms with Gasteiger partial charge >= 0.3 is 0 Å². The average molecular weight is 438 g/mol.